The molecular weight excluding hydrogens is 717 g/mol. The molecule has 3 aromatic heterocycles. The van der Waals surface area contributed by atoms with Crippen LogP contribution in [0.2, 0.25) is 0 Å². The van der Waals surface area contributed by atoms with Crippen LogP contribution in [0, 0.1) is 0 Å². The Morgan fingerprint density at radius 1 is 0.390 bits per heavy atom. The van der Waals surface area contributed by atoms with Crippen molar-refractivity contribution in [2.24, 2.45) is 0 Å². The van der Waals surface area contributed by atoms with E-state index in [0.29, 0.717) is 0 Å². The van der Waals surface area contributed by atoms with Crippen molar-refractivity contribution in [3.8, 4) is 33.9 Å². The van der Waals surface area contributed by atoms with Gasteiger partial charge < -0.3 is 4.57 Å². The summed E-state index contributed by atoms with van der Waals surface area (Å²) in [6.45, 7) is 4.72. The number of fused-ring (bicyclic) bond motifs is 16. The van der Waals surface area contributed by atoms with E-state index in [1.54, 1.807) is 0 Å². The van der Waals surface area contributed by atoms with Crippen LogP contribution < -0.4 is 0 Å². The lowest BCUT2D eigenvalue weighted by Crippen LogP contribution is -2.15. The van der Waals surface area contributed by atoms with Crippen LogP contribution >= 0.6 is 0 Å². The maximum Gasteiger partial charge on any atom is 0.165 e. The maximum absolute atomic E-state index is 5.73. The van der Waals surface area contributed by atoms with E-state index in [0.717, 1.165) is 49.9 Å². The van der Waals surface area contributed by atoms with Gasteiger partial charge in [0.1, 0.15) is 5.69 Å². The second kappa shape index (κ2) is 11.7. The molecule has 0 spiro atoms. The van der Waals surface area contributed by atoms with E-state index >= 15 is 0 Å². The van der Waals surface area contributed by atoms with Gasteiger partial charge in [0.2, 0.25) is 0 Å². The summed E-state index contributed by atoms with van der Waals surface area (Å²) in [4.78, 5) is 11.3. The lowest BCUT2D eigenvalue weighted by molar-refractivity contribution is 0.660. The molecule has 0 atom stereocenters. The Hall–Kier alpha value is -7.56. The molecule has 3 heterocycles. The summed E-state index contributed by atoms with van der Waals surface area (Å²) in [5.41, 5.74) is 14.7. The molecule has 4 heteroatoms. The Kier molecular flexibility index (Phi) is 6.48. The summed E-state index contributed by atoms with van der Waals surface area (Å²) in [7, 11) is 0. The van der Waals surface area contributed by atoms with Gasteiger partial charge in [-0.05, 0) is 69.4 Å². The van der Waals surface area contributed by atoms with Gasteiger partial charge in [-0.3, -0.25) is 4.57 Å². The Morgan fingerprint density at radius 3 is 1.58 bits per heavy atom. The first kappa shape index (κ1) is 32.5. The molecule has 4 nitrogen and oxygen atoms in total. The zero-order valence-electron chi connectivity index (χ0n) is 32.6. The average Bonchev–Trinajstić information content (AvgIpc) is 3.89. The number of rotatable bonds is 3. The highest BCUT2D eigenvalue weighted by atomic mass is 15.1. The van der Waals surface area contributed by atoms with Gasteiger partial charge in [-0.1, -0.05) is 159 Å². The lowest BCUT2D eigenvalue weighted by atomic mass is 9.82. The molecule has 9 aromatic carbocycles. The molecule has 0 unspecified atom stereocenters. The van der Waals surface area contributed by atoms with Gasteiger partial charge in [0, 0.05) is 49.0 Å². The number of hydrogen-bond donors (Lipinski definition) is 0. The lowest BCUT2D eigenvalue weighted by Gasteiger charge is -2.22. The van der Waals surface area contributed by atoms with E-state index in [4.69, 9.17) is 9.97 Å². The van der Waals surface area contributed by atoms with Crippen molar-refractivity contribution >= 4 is 76.2 Å². The molecule has 0 amide bonds. The minimum Gasteiger partial charge on any atom is -0.309 e. The predicted molar refractivity (Wildman–Crippen MR) is 246 cm³/mol. The number of aromatic nitrogens is 4. The molecule has 59 heavy (non-hydrogen) atoms. The van der Waals surface area contributed by atoms with E-state index in [9.17, 15) is 0 Å². The second-order valence-electron chi connectivity index (χ2n) is 16.5. The molecule has 12 aromatic rings. The molecule has 0 radical (unpaired) electrons. The molecule has 0 aliphatic heterocycles. The standard InChI is InChI=1S/C55H36N4/c1-55(2)43-25-13-10-20-37(43)38-29-28-34(32-44(38)55)58-45-26-14-11-23-41(45)49-47(58)30-31-48-50(49)42-24-12-15-27-46(42)59(48)54-51(33-16-4-3-5-17-33)56-52-39-21-8-6-18-35(39)36-19-7-9-22-40(36)53(52)57-54/h3-32H,1-2H3. The number of hydrogen-bond acceptors (Lipinski definition) is 2. The normalized spacial score (nSPS) is 13.4. The number of benzene rings is 9. The number of para-hydroxylation sites is 2. The summed E-state index contributed by atoms with van der Waals surface area (Å²) in [6.07, 6.45) is 0. The van der Waals surface area contributed by atoms with Crippen LogP contribution in [0.1, 0.15) is 25.0 Å². The van der Waals surface area contributed by atoms with Crippen LogP contribution in [0.25, 0.3) is 110 Å². The Morgan fingerprint density at radius 2 is 0.898 bits per heavy atom. The molecule has 0 bridgehead atoms. The highest BCUT2D eigenvalue weighted by molar-refractivity contribution is 6.29. The van der Waals surface area contributed by atoms with Crippen LogP contribution in [-0.2, 0) is 5.41 Å². The molecule has 0 saturated heterocycles. The first-order chi connectivity index (χ1) is 29.1. The van der Waals surface area contributed by atoms with Gasteiger partial charge in [-0.15, -0.1) is 0 Å². The summed E-state index contributed by atoms with van der Waals surface area (Å²) in [5, 5.41) is 9.43. The third kappa shape index (κ3) is 4.32. The Balaban J connectivity index is 1.15. The molecule has 0 saturated carbocycles. The molecule has 0 fully saturated rings. The summed E-state index contributed by atoms with van der Waals surface area (Å²) < 4.78 is 4.84. The molecular formula is C55H36N4. The van der Waals surface area contributed by atoms with Gasteiger partial charge >= 0.3 is 0 Å². The van der Waals surface area contributed by atoms with Crippen LogP contribution in [0.3, 0.4) is 0 Å². The summed E-state index contributed by atoms with van der Waals surface area (Å²) in [5.74, 6) is 0.818. The summed E-state index contributed by atoms with van der Waals surface area (Å²) in [6, 6.07) is 66.0. The van der Waals surface area contributed by atoms with E-state index in [2.05, 4.69) is 205 Å². The van der Waals surface area contributed by atoms with Crippen LogP contribution in [0.5, 0.6) is 0 Å². The fourth-order valence-electron chi connectivity index (χ4n) is 10.5. The molecule has 1 aliphatic rings. The predicted octanol–water partition coefficient (Wildman–Crippen LogP) is 14.1. The van der Waals surface area contributed by atoms with Crippen molar-refractivity contribution in [1.29, 1.82) is 0 Å². The fraction of sp³-hybridized carbons (Fsp3) is 0.0545. The van der Waals surface area contributed by atoms with E-state index in [1.165, 1.54) is 71.3 Å². The minimum absolute atomic E-state index is 0.101. The van der Waals surface area contributed by atoms with Gasteiger partial charge in [0.15, 0.2) is 5.82 Å². The number of nitrogens with zero attached hydrogens (tertiary/aromatic N) is 4. The molecule has 13 rings (SSSR count). The van der Waals surface area contributed by atoms with Crippen molar-refractivity contribution in [2.45, 2.75) is 19.3 Å². The van der Waals surface area contributed by atoms with Crippen molar-refractivity contribution in [1.82, 2.24) is 19.1 Å². The summed E-state index contributed by atoms with van der Waals surface area (Å²) >= 11 is 0. The third-order valence-electron chi connectivity index (χ3n) is 13.1. The highest BCUT2D eigenvalue weighted by Crippen LogP contribution is 2.50. The molecule has 276 valence electrons. The van der Waals surface area contributed by atoms with Crippen molar-refractivity contribution in [3.05, 3.63) is 193 Å². The van der Waals surface area contributed by atoms with E-state index in [-0.39, 0.29) is 5.41 Å². The SMILES string of the molecule is CC1(C)c2ccccc2-c2ccc(-n3c4ccccc4c4c5c6ccccc6n(-c6nc7c8ccccc8c8ccccc8c7nc6-c6ccccc6)c5ccc43)cc21. The second-order valence-corrected chi connectivity index (χ2v) is 16.5. The highest BCUT2D eigenvalue weighted by Gasteiger charge is 2.35. The van der Waals surface area contributed by atoms with Gasteiger partial charge in [0.25, 0.3) is 0 Å². The smallest absolute Gasteiger partial charge is 0.165 e. The van der Waals surface area contributed by atoms with Crippen LogP contribution in [0.15, 0.2) is 182 Å². The van der Waals surface area contributed by atoms with Crippen LogP contribution in [-0.4, -0.2) is 19.1 Å². The maximum atomic E-state index is 5.73. The van der Waals surface area contributed by atoms with E-state index < -0.39 is 0 Å². The largest absolute Gasteiger partial charge is 0.309 e. The minimum atomic E-state index is -0.101. The van der Waals surface area contributed by atoms with Gasteiger partial charge in [0.05, 0.1) is 33.1 Å². The van der Waals surface area contributed by atoms with Gasteiger partial charge in [-0.2, -0.15) is 0 Å². The zero-order valence-corrected chi connectivity index (χ0v) is 32.6. The molecule has 1 aliphatic carbocycles. The monoisotopic (exact) mass is 752 g/mol. The van der Waals surface area contributed by atoms with Crippen molar-refractivity contribution < 1.29 is 0 Å². The zero-order chi connectivity index (χ0) is 39.0. The van der Waals surface area contributed by atoms with Crippen LogP contribution in [0.4, 0.5) is 0 Å². The first-order valence-electron chi connectivity index (χ1n) is 20.4. The first-order valence-corrected chi connectivity index (χ1v) is 20.4. The van der Waals surface area contributed by atoms with Crippen molar-refractivity contribution in [3.63, 3.8) is 0 Å². The fourth-order valence-corrected chi connectivity index (χ4v) is 10.5. The average molecular weight is 753 g/mol. The third-order valence-corrected chi connectivity index (χ3v) is 13.1. The van der Waals surface area contributed by atoms with Gasteiger partial charge in [-0.25, -0.2) is 9.97 Å². The molecule has 0 N–H and O–H groups in total. The quantitative estimate of drug-likeness (QED) is 0.169. The Labute approximate surface area is 340 Å². The topological polar surface area (TPSA) is 35.6 Å². The van der Waals surface area contributed by atoms with Crippen molar-refractivity contribution in [2.75, 3.05) is 0 Å². The van der Waals surface area contributed by atoms with E-state index in [1.807, 2.05) is 0 Å². The Bertz CT molecular complexity index is 3750.